The highest BCUT2D eigenvalue weighted by molar-refractivity contribution is 5.83. The summed E-state index contributed by atoms with van der Waals surface area (Å²) in [6.07, 6.45) is 4.11. The van der Waals surface area contributed by atoms with Gasteiger partial charge in [0.2, 0.25) is 5.91 Å². The molecule has 0 spiro atoms. The molecule has 1 heterocycles. The van der Waals surface area contributed by atoms with Gasteiger partial charge in [-0.3, -0.25) is 9.59 Å². The Labute approximate surface area is 116 Å². The number of aromatic nitrogens is 3. The summed E-state index contributed by atoms with van der Waals surface area (Å²) in [7, 11) is 0. The highest BCUT2D eigenvalue weighted by Gasteiger charge is 2.42. The van der Waals surface area contributed by atoms with E-state index in [4.69, 9.17) is 10.8 Å². The van der Waals surface area contributed by atoms with Gasteiger partial charge in [0.15, 0.2) is 0 Å². The average Bonchev–Trinajstić information content (AvgIpc) is 2.95. The Balaban J connectivity index is 1.90. The van der Waals surface area contributed by atoms with Crippen molar-refractivity contribution < 1.29 is 14.7 Å². The largest absolute Gasteiger partial charge is 0.480 e. The Kier molecular flexibility index (Phi) is 4.03. The Morgan fingerprint density at radius 2 is 2.40 bits per heavy atom. The maximum atomic E-state index is 12.2. The van der Waals surface area contributed by atoms with Crippen LogP contribution in [-0.4, -0.2) is 38.0 Å². The SMILES string of the molecule is CC1(C(=O)NCc2cn(CC(=O)O)nn2)CCCC1N. The van der Waals surface area contributed by atoms with E-state index in [9.17, 15) is 9.59 Å². The molecule has 2 atom stereocenters. The first-order chi connectivity index (χ1) is 9.41. The minimum Gasteiger partial charge on any atom is -0.480 e. The van der Waals surface area contributed by atoms with Crippen LogP contribution in [0.5, 0.6) is 0 Å². The molecule has 8 nitrogen and oxygen atoms in total. The summed E-state index contributed by atoms with van der Waals surface area (Å²) in [4.78, 5) is 22.7. The summed E-state index contributed by atoms with van der Waals surface area (Å²) in [5.74, 6) is -1.08. The molecule has 8 heteroatoms. The smallest absolute Gasteiger partial charge is 0.325 e. The molecule has 0 radical (unpaired) electrons. The van der Waals surface area contributed by atoms with Gasteiger partial charge >= 0.3 is 5.97 Å². The van der Waals surface area contributed by atoms with Crippen LogP contribution in [-0.2, 0) is 22.7 Å². The van der Waals surface area contributed by atoms with E-state index in [1.165, 1.54) is 10.9 Å². The fourth-order valence-electron chi connectivity index (χ4n) is 2.48. The summed E-state index contributed by atoms with van der Waals surface area (Å²) in [6, 6.07) is -0.120. The van der Waals surface area contributed by atoms with Crippen molar-refractivity contribution in [2.24, 2.45) is 11.1 Å². The van der Waals surface area contributed by atoms with Gasteiger partial charge in [0.1, 0.15) is 12.2 Å². The highest BCUT2D eigenvalue weighted by Crippen LogP contribution is 2.36. The lowest BCUT2D eigenvalue weighted by Gasteiger charge is -2.27. The molecule has 110 valence electrons. The summed E-state index contributed by atoms with van der Waals surface area (Å²) >= 11 is 0. The van der Waals surface area contributed by atoms with Crippen LogP contribution >= 0.6 is 0 Å². The molecule has 0 aliphatic heterocycles. The zero-order chi connectivity index (χ0) is 14.8. The number of hydrogen-bond acceptors (Lipinski definition) is 5. The van der Waals surface area contributed by atoms with E-state index in [1.807, 2.05) is 6.92 Å². The quantitative estimate of drug-likeness (QED) is 0.668. The molecule has 2 rings (SSSR count). The second-order valence-electron chi connectivity index (χ2n) is 5.40. The van der Waals surface area contributed by atoms with Crippen LogP contribution in [0.4, 0.5) is 0 Å². The topological polar surface area (TPSA) is 123 Å². The lowest BCUT2D eigenvalue weighted by Crippen LogP contribution is -2.47. The number of amides is 1. The van der Waals surface area contributed by atoms with Crippen LogP contribution in [0.1, 0.15) is 31.9 Å². The summed E-state index contributed by atoms with van der Waals surface area (Å²) in [6.45, 7) is 1.85. The predicted octanol–water partition coefficient (Wildman–Crippen LogP) is -0.504. The van der Waals surface area contributed by atoms with Gasteiger partial charge in [-0.05, 0) is 19.8 Å². The van der Waals surface area contributed by atoms with Crippen molar-refractivity contribution >= 4 is 11.9 Å². The molecule has 0 aromatic carbocycles. The molecule has 1 saturated carbocycles. The Hall–Kier alpha value is -1.96. The van der Waals surface area contributed by atoms with Gasteiger partial charge in [-0.25, -0.2) is 4.68 Å². The number of nitrogens with one attached hydrogen (secondary N) is 1. The van der Waals surface area contributed by atoms with Crippen molar-refractivity contribution in [3.63, 3.8) is 0 Å². The number of carbonyl (C=O) groups is 2. The third-order valence-electron chi connectivity index (χ3n) is 3.86. The number of hydrogen-bond donors (Lipinski definition) is 3. The Bertz CT molecular complexity index is 515. The zero-order valence-electron chi connectivity index (χ0n) is 11.4. The number of aliphatic carboxylic acids is 1. The number of carbonyl (C=O) groups excluding carboxylic acids is 1. The van der Waals surface area contributed by atoms with Crippen molar-refractivity contribution in [1.29, 1.82) is 0 Å². The third kappa shape index (κ3) is 2.96. The normalized spacial score (nSPS) is 25.6. The average molecular weight is 281 g/mol. The van der Waals surface area contributed by atoms with Crippen molar-refractivity contribution in [2.75, 3.05) is 0 Å². The lowest BCUT2D eigenvalue weighted by atomic mass is 9.84. The molecular formula is C12H19N5O3. The minimum atomic E-state index is -0.991. The minimum absolute atomic E-state index is 0.0877. The van der Waals surface area contributed by atoms with E-state index < -0.39 is 11.4 Å². The van der Waals surface area contributed by atoms with E-state index in [1.54, 1.807) is 0 Å². The monoisotopic (exact) mass is 281 g/mol. The molecule has 1 aliphatic rings. The lowest BCUT2D eigenvalue weighted by molar-refractivity contribution is -0.138. The molecule has 1 aromatic heterocycles. The number of carboxylic acids is 1. The summed E-state index contributed by atoms with van der Waals surface area (Å²) < 4.78 is 1.22. The zero-order valence-corrected chi connectivity index (χ0v) is 11.4. The number of nitrogens with two attached hydrogens (primary N) is 1. The van der Waals surface area contributed by atoms with Gasteiger partial charge in [0.25, 0.3) is 0 Å². The van der Waals surface area contributed by atoms with Crippen LogP contribution in [0.15, 0.2) is 6.20 Å². The van der Waals surface area contributed by atoms with Gasteiger partial charge in [-0.2, -0.15) is 0 Å². The molecule has 1 fully saturated rings. The molecule has 2 unspecified atom stereocenters. The van der Waals surface area contributed by atoms with Crippen LogP contribution in [0.25, 0.3) is 0 Å². The van der Waals surface area contributed by atoms with E-state index >= 15 is 0 Å². The molecule has 1 amide bonds. The van der Waals surface area contributed by atoms with Gasteiger partial charge in [-0.1, -0.05) is 11.6 Å². The maximum absolute atomic E-state index is 12.2. The summed E-state index contributed by atoms with van der Waals surface area (Å²) in [5, 5.41) is 18.9. The Morgan fingerprint density at radius 1 is 1.65 bits per heavy atom. The second kappa shape index (κ2) is 5.58. The van der Waals surface area contributed by atoms with Crippen molar-refractivity contribution in [3.05, 3.63) is 11.9 Å². The fourth-order valence-corrected chi connectivity index (χ4v) is 2.48. The number of carboxylic acid groups (broad SMARTS) is 1. The van der Waals surface area contributed by atoms with Crippen molar-refractivity contribution in [2.45, 2.75) is 45.3 Å². The molecular weight excluding hydrogens is 262 g/mol. The van der Waals surface area contributed by atoms with Crippen LogP contribution in [0.3, 0.4) is 0 Å². The summed E-state index contributed by atoms with van der Waals surface area (Å²) in [5.41, 5.74) is 5.98. The van der Waals surface area contributed by atoms with E-state index in [0.717, 1.165) is 19.3 Å². The Morgan fingerprint density at radius 3 is 3.00 bits per heavy atom. The highest BCUT2D eigenvalue weighted by atomic mass is 16.4. The van der Waals surface area contributed by atoms with E-state index in [0.29, 0.717) is 5.69 Å². The number of rotatable bonds is 5. The van der Waals surface area contributed by atoms with E-state index in [-0.39, 0.29) is 25.0 Å². The molecule has 4 N–H and O–H groups in total. The predicted molar refractivity (Wildman–Crippen MR) is 69.4 cm³/mol. The van der Waals surface area contributed by atoms with Gasteiger partial charge in [0, 0.05) is 6.04 Å². The fraction of sp³-hybridized carbons (Fsp3) is 0.667. The van der Waals surface area contributed by atoms with Crippen LogP contribution in [0.2, 0.25) is 0 Å². The molecule has 0 saturated heterocycles. The maximum Gasteiger partial charge on any atom is 0.325 e. The molecule has 20 heavy (non-hydrogen) atoms. The number of nitrogens with zero attached hydrogens (tertiary/aromatic N) is 3. The second-order valence-corrected chi connectivity index (χ2v) is 5.40. The van der Waals surface area contributed by atoms with Gasteiger partial charge < -0.3 is 16.2 Å². The van der Waals surface area contributed by atoms with E-state index in [2.05, 4.69) is 15.6 Å². The first kappa shape index (κ1) is 14.4. The molecule has 1 aromatic rings. The van der Waals surface area contributed by atoms with Crippen molar-refractivity contribution in [3.8, 4) is 0 Å². The van der Waals surface area contributed by atoms with Gasteiger partial charge in [-0.15, -0.1) is 5.10 Å². The first-order valence-electron chi connectivity index (χ1n) is 6.56. The standard InChI is InChI=1S/C12H19N5O3/c1-12(4-2-3-9(12)13)11(20)14-5-8-6-17(16-15-8)7-10(18)19/h6,9H,2-5,7,13H2,1H3,(H,14,20)(H,18,19). The van der Waals surface area contributed by atoms with Crippen LogP contribution < -0.4 is 11.1 Å². The molecule has 0 bridgehead atoms. The third-order valence-corrected chi connectivity index (χ3v) is 3.86. The van der Waals surface area contributed by atoms with Gasteiger partial charge in [0.05, 0.1) is 18.2 Å². The molecule has 1 aliphatic carbocycles. The van der Waals surface area contributed by atoms with Crippen molar-refractivity contribution in [1.82, 2.24) is 20.3 Å². The first-order valence-corrected chi connectivity index (χ1v) is 6.56. The van der Waals surface area contributed by atoms with Crippen LogP contribution in [0, 0.1) is 5.41 Å².